The first kappa shape index (κ1) is 11.9. The van der Waals surface area contributed by atoms with Crippen molar-refractivity contribution in [3.8, 4) is 0 Å². The third-order valence-corrected chi connectivity index (χ3v) is 3.13. The van der Waals surface area contributed by atoms with Gasteiger partial charge in [0.15, 0.2) is 0 Å². The van der Waals surface area contributed by atoms with E-state index in [4.69, 9.17) is 15.2 Å². The summed E-state index contributed by atoms with van der Waals surface area (Å²) >= 11 is 0. The van der Waals surface area contributed by atoms with Crippen LogP contribution in [0.4, 0.5) is 0 Å². The van der Waals surface area contributed by atoms with Gasteiger partial charge in [-0.2, -0.15) is 0 Å². The Morgan fingerprint density at radius 2 is 2.14 bits per heavy atom. The van der Waals surface area contributed by atoms with E-state index in [1.54, 1.807) is 14.2 Å². The van der Waals surface area contributed by atoms with Crippen molar-refractivity contribution in [1.82, 2.24) is 5.32 Å². The van der Waals surface area contributed by atoms with Gasteiger partial charge < -0.3 is 20.5 Å². The summed E-state index contributed by atoms with van der Waals surface area (Å²) < 4.78 is 10.4. The van der Waals surface area contributed by atoms with Crippen molar-refractivity contribution in [3.63, 3.8) is 0 Å². The maximum absolute atomic E-state index is 5.75. The van der Waals surface area contributed by atoms with Crippen LogP contribution < -0.4 is 11.1 Å². The molecule has 0 aromatic rings. The number of methoxy groups -OCH3 is 2. The molecule has 0 spiro atoms. The van der Waals surface area contributed by atoms with Crippen molar-refractivity contribution in [2.75, 3.05) is 27.3 Å². The Bertz CT molecular complexity index is 170. The molecule has 0 bridgehead atoms. The minimum atomic E-state index is 0.0907. The van der Waals surface area contributed by atoms with Crippen molar-refractivity contribution < 1.29 is 9.47 Å². The summed E-state index contributed by atoms with van der Waals surface area (Å²) in [6.45, 7) is 3.57. The molecule has 0 heterocycles. The third kappa shape index (κ3) is 2.67. The van der Waals surface area contributed by atoms with Crippen molar-refractivity contribution >= 4 is 0 Å². The van der Waals surface area contributed by atoms with E-state index < -0.39 is 0 Å². The number of hydrogen-bond acceptors (Lipinski definition) is 4. The van der Waals surface area contributed by atoms with Crippen LogP contribution in [-0.4, -0.2) is 45.1 Å². The van der Waals surface area contributed by atoms with Crippen LogP contribution in [0.5, 0.6) is 0 Å². The molecule has 1 fully saturated rings. The lowest BCUT2D eigenvalue weighted by Crippen LogP contribution is -2.63. The predicted molar refractivity (Wildman–Crippen MR) is 56.3 cm³/mol. The van der Waals surface area contributed by atoms with Gasteiger partial charge in [0, 0.05) is 32.8 Å². The van der Waals surface area contributed by atoms with Gasteiger partial charge in [-0.05, 0) is 19.8 Å². The van der Waals surface area contributed by atoms with Gasteiger partial charge in [-0.25, -0.2) is 0 Å². The topological polar surface area (TPSA) is 56.5 Å². The highest BCUT2D eigenvalue weighted by atomic mass is 16.5. The number of nitrogens with one attached hydrogen (secondary N) is 1. The highest BCUT2D eigenvalue weighted by Gasteiger charge is 2.43. The van der Waals surface area contributed by atoms with Crippen molar-refractivity contribution in [2.45, 2.75) is 37.5 Å². The maximum atomic E-state index is 5.75. The van der Waals surface area contributed by atoms with Gasteiger partial charge >= 0.3 is 0 Å². The van der Waals surface area contributed by atoms with E-state index in [9.17, 15) is 0 Å². The van der Waals surface area contributed by atoms with Crippen LogP contribution in [0.3, 0.4) is 0 Å². The smallest absolute Gasteiger partial charge is 0.0667 e. The van der Waals surface area contributed by atoms with Crippen LogP contribution in [0, 0.1) is 0 Å². The van der Waals surface area contributed by atoms with Crippen LogP contribution in [-0.2, 0) is 9.47 Å². The van der Waals surface area contributed by atoms with Gasteiger partial charge in [-0.3, -0.25) is 0 Å². The summed E-state index contributed by atoms with van der Waals surface area (Å²) in [6.07, 6.45) is 2.64. The molecule has 1 aliphatic carbocycles. The van der Waals surface area contributed by atoms with Gasteiger partial charge in [-0.1, -0.05) is 0 Å². The summed E-state index contributed by atoms with van der Waals surface area (Å²) in [5, 5.41) is 3.47. The molecule has 1 rings (SSSR count). The lowest BCUT2D eigenvalue weighted by Gasteiger charge is -2.47. The van der Waals surface area contributed by atoms with E-state index in [2.05, 4.69) is 5.32 Å². The fraction of sp³-hybridized carbons (Fsp3) is 1.00. The number of nitrogens with two attached hydrogens (primary N) is 1. The van der Waals surface area contributed by atoms with Crippen LogP contribution in [0.1, 0.15) is 19.8 Å². The van der Waals surface area contributed by atoms with E-state index in [1.807, 2.05) is 6.92 Å². The monoisotopic (exact) mass is 202 g/mol. The molecular formula is C10H22N2O2. The first-order valence-electron chi connectivity index (χ1n) is 5.16. The normalized spacial score (nSPS) is 33.9. The van der Waals surface area contributed by atoms with Gasteiger partial charge in [-0.15, -0.1) is 0 Å². The summed E-state index contributed by atoms with van der Waals surface area (Å²) in [6, 6.07) is 0. The molecule has 0 saturated heterocycles. The van der Waals surface area contributed by atoms with Crippen LogP contribution in [0.15, 0.2) is 0 Å². The molecule has 1 atom stereocenters. The van der Waals surface area contributed by atoms with Crippen LogP contribution >= 0.6 is 0 Å². The van der Waals surface area contributed by atoms with Crippen molar-refractivity contribution in [1.29, 1.82) is 0 Å². The first-order valence-corrected chi connectivity index (χ1v) is 5.16. The minimum Gasteiger partial charge on any atom is -0.381 e. The average molecular weight is 202 g/mol. The Hall–Kier alpha value is -0.160. The third-order valence-electron chi connectivity index (χ3n) is 3.13. The number of hydrogen-bond donors (Lipinski definition) is 2. The Balaban J connectivity index is 2.27. The molecule has 4 heteroatoms. The summed E-state index contributed by atoms with van der Waals surface area (Å²) in [4.78, 5) is 0. The fourth-order valence-electron chi connectivity index (χ4n) is 1.81. The van der Waals surface area contributed by atoms with Gasteiger partial charge in [0.05, 0.1) is 12.2 Å². The first-order chi connectivity index (χ1) is 6.65. The van der Waals surface area contributed by atoms with E-state index in [1.165, 1.54) is 0 Å². The summed E-state index contributed by atoms with van der Waals surface area (Å²) in [5.74, 6) is 0. The molecule has 14 heavy (non-hydrogen) atoms. The number of ether oxygens (including phenoxy) is 2. The Labute approximate surface area is 86.1 Å². The predicted octanol–water partition coefficient (Wildman–Crippen LogP) is 0.117. The highest BCUT2D eigenvalue weighted by Crippen LogP contribution is 2.33. The second kappa shape index (κ2) is 5.07. The Morgan fingerprint density at radius 1 is 1.50 bits per heavy atom. The quantitative estimate of drug-likeness (QED) is 0.642. The zero-order chi connectivity index (χ0) is 10.6. The largest absolute Gasteiger partial charge is 0.381 e. The number of rotatable bonds is 6. The molecule has 0 amide bonds. The van der Waals surface area contributed by atoms with Crippen LogP contribution in [0.25, 0.3) is 0 Å². The van der Waals surface area contributed by atoms with E-state index in [0.717, 1.165) is 19.4 Å². The molecule has 3 N–H and O–H groups in total. The average Bonchev–Trinajstić information content (AvgIpc) is 2.16. The molecule has 1 aliphatic rings. The molecule has 4 nitrogen and oxygen atoms in total. The van der Waals surface area contributed by atoms with E-state index >= 15 is 0 Å². The molecule has 0 aliphatic heterocycles. The second-order valence-corrected chi connectivity index (χ2v) is 4.18. The molecule has 84 valence electrons. The SMILES string of the molecule is COC(C)CNC1(CN)CC(OC)C1. The zero-order valence-corrected chi connectivity index (χ0v) is 9.38. The molecular weight excluding hydrogens is 180 g/mol. The molecule has 1 unspecified atom stereocenters. The highest BCUT2D eigenvalue weighted by molar-refractivity contribution is 5.02. The van der Waals surface area contributed by atoms with Crippen molar-refractivity contribution in [2.24, 2.45) is 5.73 Å². The minimum absolute atomic E-state index is 0.0907. The van der Waals surface area contributed by atoms with E-state index in [-0.39, 0.29) is 11.6 Å². The summed E-state index contributed by atoms with van der Waals surface area (Å²) in [5.41, 5.74) is 5.85. The van der Waals surface area contributed by atoms with Crippen molar-refractivity contribution in [3.05, 3.63) is 0 Å². The van der Waals surface area contributed by atoms with E-state index in [0.29, 0.717) is 12.6 Å². The van der Waals surface area contributed by atoms with Gasteiger partial charge in [0.25, 0.3) is 0 Å². The lowest BCUT2D eigenvalue weighted by molar-refractivity contribution is -0.0314. The summed E-state index contributed by atoms with van der Waals surface area (Å²) in [7, 11) is 3.48. The molecule has 0 aromatic carbocycles. The Morgan fingerprint density at radius 3 is 2.57 bits per heavy atom. The second-order valence-electron chi connectivity index (χ2n) is 4.18. The molecule has 0 aromatic heterocycles. The maximum Gasteiger partial charge on any atom is 0.0667 e. The van der Waals surface area contributed by atoms with Gasteiger partial charge in [0.2, 0.25) is 0 Å². The molecule has 1 saturated carbocycles. The molecule has 0 radical (unpaired) electrons. The standard InChI is InChI=1S/C10H22N2O2/c1-8(13-2)6-12-10(7-11)4-9(5-10)14-3/h8-9,12H,4-7,11H2,1-3H3. The zero-order valence-electron chi connectivity index (χ0n) is 9.38. The fourth-order valence-corrected chi connectivity index (χ4v) is 1.81. The van der Waals surface area contributed by atoms with Crippen LogP contribution in [0.2, 0.25) is 0 Å². The van der Waals surface area contributed by atoms with Gasteiger partial charge in [0.1, 0.15) is 0 Å². The Kier molecular flexibility index (Phi) is 4.31. The lowest BCUT2D eigenvalue weighted by atomic mass is 9.74.